The lowest BCUT2D eigenvalue weighted by Gasteiger charge is -2.33. The van der Waals surface area contributed by atoms with E-state index in [0.29, 0.717) is 24.6 Å². The minimum atomic E-state index is -0.753. The molecule has 0 spiro atoms. The predicted molar refractivity (Wildman–Crippen MR) is 134 cm³/mol. The van der Waals surface area contributed by atoms with E-state index in [1.165, 1.54) is 11.9 Å². The average Bonchev–Trinajstić information content (AvgIpc) is 3.27. The zero-order valence-electron chi connectivity index (χ0n) is 19.7. The Kier molecular flexibility index (Phi) is 6.63. The molecule has 5 rings (SSSR count). The zero-order chi connectivity index (χ0) is 24.4. The molecule has 1 aliphatic rings. The van der Waals surface area contributed by atoms with E-state index in [1.54, 1.807) is 0 Å². The van der Waals surface area contributed by atoms with Crippen LogP contribution in [-0.4, -0.2) is 67.2 Å². The second-order valence-electron chi connectivity index (χ2n) is 9.08. The molecule has 0 saturated carbocycles. The molecule has 1 fully saturated rings. The third-order valence-corrected chi connectivity index (χ3v) is 6.41. The minimum absolute atomic E-state index is 0.0735. The number of fused-ring (bicyclic) bond motifs is 1. The van der Waals surface area contributed by atoms with Crippen molar-refractivity contribution in [3.05, 3.63) is 60.4 Å². The van der Waals surface area contributed by atoms with Crippen LogP contribution >= 0.6 is 0 Å². The van der Waals surface area contributed by atoms with Crippen LogP contribution in [0.4, 0.5) is 5.82 Å². The van der Waals surface area contributed by atoms with Crippen LogP contribution in [0.1, 0.15) is 24.4 Å². The number of hydrogen-bond acceptors (Lipinski definition) is 8. The molecule has 2 atom stereocenters. The lowest BCUT2D eigenvalue weighted by molar-refractivity contribution is 0.0449. The van der Waals surface area contributed by atoms with Crippen molar-refractivity contribution >= 4 is 16.9 Å². The number of rotatable bonds is 7. The number of likely N-dealkylation sites (tertiary alicyclic amines) is 1. The number of benzene rings is 2. The molecule has 2 aromatic carbocycles. The van der Waals surface area contributed by atoms with Gasteiger partial charge in [-0.1, -0.05) is 17.7 Å². The van der Waals surface area contributed by atoms with Crippen LogP contribution in [0.15, 0.2) is 54.9 Å². The number of aliphatic hydroxyl groups is 2. The lowest BCUT2D eigenvalue weighted by Crippen LogP contribution is -2.42. The molecule has 3 heterocycles. The maximum Gasteiger partial charge on any atom is 0.164 e. The van der Waals surface area contributed by atoms with Crippen LogP contribution in [0.5, 0.6) is 11.5 Å². The van der Waals surface area contributed by atoms with Crippen molar-refractivity contribution in [2.75, 3.05) is 32.0 Å². The summed E-state index contributed by atoms with van der Waals surface area (Å²) in [6.07, 6.45) is 2.62. The van der Waals surface area contributed by atoms with E-state index in [1.807, 2.05) is 60.1 Å². The molecule has 9 nitrogen and oxygen atoms in total. The summed E-state index contributed by atoms with van der Waals surface area (Å²) in [6.45, 7) is 3.81. The SMILES string of the molecule is Cc1ccc(Oc2ccc(-c3nn(C4CCCN(CC(O)CO)C4)c4ncnc(N)c34)cc2)cc1. The number of β-amino-alcohol motifs (C(OH)–C–C–N with tert-alkyl or cyclic N) is 1. The monoisotopic (exact) mass is 474 g/mol. The van der Waals surface area contributed by atoms with E-state index in [2.05, 4.69) is 14.9 Å². The van der Waals surface area contributed by atoms with Crippen molar-refractivity contribution in [1.29, 1.82) is 0 Å². The highest BCUT2D eigenvalue weighted by Crippen LogP contribution is 2.34. The Morgan fingerprint density at radius 2 is 1.80 bits per heavy atom. The first-order valence-corrected chi connectivity index (χ1v) is 11.9. The quantitative estimate of drug-likeness (QED) is 0.373. The molecule has 2 aromatic heterocycles. The summed E-state index contributed by atoms with van der Waals surface area (Å²) >= 11 is 0. The van der Waals surface area contributed by atoms with Crippen molar-refractivity contribution < 1.29 is 14.9 Å². The fourth-order valence-corrected chi connectivity index (χ4v) is 4.63. The van der Waals surface area contributed by atoms with Gasteiger partial charge in [-0.05, 0) is 62.7 Å². The van der Waals surface area contributed by atoms with E-state index < -0.39 is 6.10 Å². The van der Waals surface area contributed by atoms with Gasteiger partial charge in [0.25, 0.3) is 0 Å². The molecule has 0 bridgehead atoms. The number of aryl methyl sites for hydroxylation is 1. The van der Waals surface area contributed by atoms with E-state index in [4.69, 9.17) is 15.6 Å². The average molecular weight is 475 g/mol. The first kappa shape index (κ1) is 23.2. The fourth-order valence-electron chi connectivity index (χ4n) is 4.63. The number of anilines is 1. The topological polar surface area (TPSA) is 123 Å². The van der Waals surface area contributed by atoms with Crippen LogP contribution in [0.25, 0.3) is 22.3 Å². The summed E-state index contributed by atoms with van der Waals surface area (Å²) in [5.74, 6) is 1.90. The summed E-state index contributed by atoms with van der Waals surface area (Å²) in [6, 6.07) is 15.8. The Bertz CT molecular complexity index is 1290. The number of nitrogens with two attached hydrogens (primary N) is 1. The van der Waals surface area contributed by atoms with Gasteiger partial charge in [-0.3, -0.25) is 4.90 Å². The van der Waals surface area contributed by atoms with Crippen LogP contribution < -0.4 is 10.5 Å². The molecule has 1 saturated heterocycles. The third-order valence-electron chi connectivity index (χ3n) is 6.41. The Morgan fingerprint density at radius 1 is 1.09 bits per heavy atom. The summed E-state index contributed by atoms with van der Waals surface area (Å²) in [7, 11) is 0. The van der Waals surface area contributed by atoms with Gasteiger partial charge >= 0.3 is 0 Å². The number of aliphatic hydroxyl groups excluding tert-OH is 2. The van der Waals surface area contributed by atoms with E-state index >= 15 is 0 Å². The maximum atomic E-state index is 9.89. The molecule has 182 valence electrons. The number of hydrogen-bond donors (Lipinski definition) is 3. The number of nitrogen functional groups attached to an aromatic ring is 1. The predicted octanol–water partition coefficient (Wildman–Crippen LogP) is 3.17. The van der Waals surface area contributed by atoms with Gasteiger partial charge < -0.3 is 20.7 Å². The van der Waals surface area contributed by atoms with E-state index in [-0.39, 0.29) is 12.6 Å². The summed E-state index contributed by atoms with van der Waals surface area (Å²) in [4.78, 5) is 10.9. The van der Waals surface area contributed by atoms with Gasteiger partial charge in [-0.15, -0.1) is 0 Å². The normalized spacial score (nSPS) is 17.5. The lowest BCUT2D eigenvalue weighted by atomic mass is 10.1. The molecule has 0 amide bonds. The van der Waals surface area contributed by atoms with E-state index in [0.717, 1.165) is 47.5 Å². The number of nitrogens with zero attached hydrogens (tertiary/aromatic N) is 5. The molecular formula is C26H30N6O3. The van der Waals surface area contributed by atoms with Gasteiger partial charge in [-0.2, -0.15) is 5.10 Å². The van der Waals surface area contributed by atoms with Gasteiger partial charge in [0.05, 0.1) is 24.1 Å². The molecule has 0 aliphatic carbocycles. The summed E-state index contributed by atoms with van der Waals surface area (Å²) < 4.78 is 7.91. The van der Waals surface area contributed by atoms with Crippen LogP contribution in [-0.2, 0) is 0 Å². The smallest absolute Gasteiger partial charge is 0.164 e. The van der Waals surface area contributed by atoms with Crippen LogP contribution in [0, 0.1) is 6.92 Å². The molecule has 1 aliphatic heterocycles. The van der Waals surface area contributed by atoms with E-state index in [9.17, 15) is 10.2 Å². The Hall–Kier alpha value is -3.53. The second-order valence-corrected chi connectivity index (χ2v) is 9.08. The van der Waals surface area contributed by atoms with Crippen molar-refractivity contribution in [3.63, 3.8) is 0 Å². The summed E-state index contributed by atoms with van der Waals surface area (Å²) in [5.41, 5.74) is 9.80. The zero-order valence-corrected chi connectivity index (χ0v) is 19.7. The highest BCUT2D eigenvalue weighted by atomic mass is 16.5. The Balaban J connectivity index is 1.44. The molecule has 4 aromatic rings. The van der Waals surface area contributed by atoms with Gasteiger partial charge in [0.15, 0.2) is 5.65 Å². The van der Waals surface area contributed by atoms with Crippen molar-refractivity contribution in [3.8, 4) is 22.8 Å². The molecule has 4 N–H and O–H groups in total. The molecule has 35 heavy (non-hydrogen) atoms. The molecular weight excluding hydrogens is 444 g/mol. The number of ether oxygens (including phenoxy) is 1. The first-order chi connectivity index (χ1) is 17.0. The van der Waals surface area contributed by atoms with Gasteiger partial charge in [0, 0.05) is 18.7 Å². The van der Waals surface area contributed by atoms with Crippen molar-refractivity contribution in [2.45, 2.75) is 31.9 Å². The van der Waals surface area contributed by atoms with Crippen molar-refractivity contribution in [1.82, 2.24) is 24.6 Å². The molecule has 2 unspecified atom stereocenters. The largest absolute Gasteiger partial charge is 0.457 e. The van der Waals surface area contributed by atoms with Crippen LogP contribution in [0.2, 0.25) is 0 Å². The summed E-state index contributed by atoms with van der Waals surface area (Å²) in [5, 5.41) is 24.8. The first-order valence-electron chi connectivity index (χ1n) is 11.9. The van der Waals surface area contributed by atoms with Gasteiger partial charge in [0.1, 0.15) is 29.3 Å². The molecule has 9 heteroatoms. The van der Waals surface area contributed by atoms with Crippen molar-refractivity contribution in [2.24, 2.45) is 0 Å². The van der Waals surface area contributed by atoms with Gasteiger partial charge in [-0.25, -0.2) is 14.6 Å². The number of piperidine rings is 1. The molecule has 0 radical (unpaired) electrons. The Labute approximate surface area is 203 Å². The van der Waals surface area contributed by atoms with Gasteiger partial charge in [0.2, 0.25) is 0 Å². The highest BCUT2D eigenvalue weighted by Gasteiger charge is 2.27. The third kappa shape index (κ3) is 4.97. The highest BCUT2D eigenvalue weighted by molar-refractivity contribution is 5.98. The minimum Gasteiger partial charge on any atom is -0.457 e. The van der Waals surface area contributed by atoms with Crippen LogP contribution in [0.3, 0.4) is 0 Å². The number of aromatic nitrogens is 4. The Morgan fingerprint density at radius 3 is 2.51 bits per heavy atom. The standard InChI is InChI=1S/C26H30N6O3/c1-17-4-8-21(9-5-17)35-22-10-6-18(7-11-22)24-23-25(27)28-16-29-26(23)32(30-24)19-3-2-12-31(13-19)14-20(34)15-33/h4-11,16,19-20,33-34H,2-3,12-15H2,1H3,(H2,27,28,29). The fraction of sp³-hybridized carbons (Fsp3) is 0.346. The maximum absolute atomic E-state index is 9.89. The second kappa shape index (κ2) is 9.99.